The van der Waals surface area contributed by atoms with Gasteiger partial charge in [-0.05, 0) is 55.8 Å². The molecule has 2 aromatic carbocycles. The van der Waals surface area contributed by atoms with E-state index in [2.05, 4.69) is 50.3 Å². The summed E-state index contributed by atoms with van der Waals surface area (Å²) in [5.74, 6) is 1.50. The molecule has 0 saturated heterocycles. The van der Waals surface area contributed by atoms with Crippen LogP contribution >= 0.6 is 0 Å². The Labute approximate surface area is 201 Å². The Morgan fingerprint density at radius 2 is 2.03 bits per heavy atom. The van der Waals surface area contributed by atoms with E-state index in [0.29, 0.717) is 31.3 Å². The minimum absolute atomic E-state index is 0.344. The first-order valence-electron chi connectivity index (χ1n) is 11.6. The largest absolute Gasteiger partial charge is 0.493 e. The molecule has 2 aromatic heterocycles. The second-order valence-electron chi connectivity index (χ2n) is 9.77. The van der Waals surface area contributed by atoms with Crippen molar-refractivity contribution in [2.45, 2.75) is 46.3 Å². The highest BCUT2D eigenvalue weighted by Gasteiger charge is 2.22. The van der Waals surface area contributed by atoms with E-state index in [1.54, 1.807) is 6.07 Å². The first kappa shape index (κ1) is 23.8. The van der Waals surface area contributed by atoms with Crippen molar-refractivity contribution < 1.29 is 9.47 Å². The minimum atomic E-state index is -1.21. The zero-order chi connectivity index (χ0) is 24.5. The Balaban J connectivity index is 1.83. The van der Waals surface area contributed by atoms with Gasteiger partial charge in [0, 0.05) is 42.9 Å². The summed E-state index contributed by atoms with van der Waals surface area (Å²) in [5.41, 5.74) is 6.10. The van der Waals surface area contributed by atoms with Gasteiger partial charge in [0.2, 0.25) is 0 Å². The third kappa shape index (κ3) is 4.65. The van der Waals surface area contributed by atoms with Crippen LogP contribution < -0.4 is 4.74 Å². The van der Waals surface area contributed by atoms with Crippen LogP contribution in [0, 0.1) is 18.3 Å². The highest BCUT2D eigenvalue weighted by atomic mass is 28.3. The van der Waals surface area contributed by atoms with Crippen LogP contribution in [0.4, 0.5) is 0 Å². The van der Waals surface area contributed by atoms with E-state index in [4.69, 9.17) is 14.5 Å². The van der Waals surface area contributed by atoms with Gasteiger partial charge in [-0.3, -0.25) is 4.57 Å². The molecule has 7 heteroatoms. The second kappa shape index (κ2) is 9.49. The molecule has 6 nitrogen and oxygen atoms in total. The molecule has 0 aliphatic rings. The number of hydrogen-bond acceptors (Lipinski definition) is 4. The Bertz CT molecular complexity index is 1400. The number of nitrogens with one attached hydrogen (secondary N) is 1. The van der Waals surface area contributed by atoms with Crippen LogP contribution in [0.3, 0.4) is 0 Å². The molecule has 176 valence electrons. The summed E-state index contributed by atoms with van der Waals surface area (Å²) in [6.07, 6.45) is 1.94. The molecule has 0 radical (unpaired) electrons. The summed E-state index contributed by atoms with van der Waals surface area (Å²) < 4.78 is 14.2. The first-order valence-corrected chi connectivity index (χ1v) is 15.4. The van der Waals surface area contributed by atoms with Crippen molar-refractivity contribution in [1.82, 2.24) is 14.5 Å². The summed E-state index contributed by atoms with van der Waals surface area (Å²) in [6.45, 7) is 17.1. The van der Waals surface area contributed by atoms with Crippen molar-refractivity contribution in [2.75, 3.05) is 13.2 Å². The normalized spacial score (nSPS) is 11.8. The van der Waals surface area contributed by atoms with Gasteiger partial charge in [-0.25, -0.2) is 4.98 Å². The third-order valence-electron chi connectivity index (χ3n) is 5.97. The number of rotatable bonds is 9. The summed E-state index contributed by atoms with van der Waals surface area (Å²) >= 11 is 0. The molecular weight excluding hydrogens is 440 g/mol. The summed E-state index contributed by atoms with van der Waals surface area (Å²) in [7, 11) is -1.21. The highest BCUT2D eigenvalue weighted by Crippen LogP contribution is 2.38. The topological polar surface area (TPSA) is 75.9 Å². The molecule has 0 aliphatic carbocycles. The number of fused-ring (bicyclic) bond motifs is 2. The van der Waals surface area contributed by atoms with Gasteiger partial charge >= 0.3 is 0 Å². The Hall–Kier alpha value is -3.34. The molecule has 0 aliphatic heterocycles. The predicted octanol–water partition coefficient (Wildman–Crippen LogP) is 6.47. The highest BCUT2D eigenvalue weighted by molar-refractivity contribution is 6.76. The number of ether oxygens (including phenoxy) is 2. The molecule has 0 saturated carbocycles. The van der Waals surface area contributed by atoms with Crippen molar-refractivity contribution in [3.05, 3.63) is 65.6 Å². The lowest BCUT2D eigenvalue weighted by atomic mass is 9.98. The van der Waals surface area contributed by atoms with Crippen molar-refractivity contribution in [3.63, 3.8) is 0 Å². The van der Waals surface area contributed by atoms with Gasteiger partial charge < -0.3 is 14.5 Å². The van der Waals surface area contributed by atoms with Crippen LogP contribution in [-0.4, -0.2) is 35.8 Å². The fourth-order valence-corrected chi connectivity index (χ4v) is 4.91. The van der Waals surface area contributed by atoms with Gasteiger partial charge in [0.1, 0.15) is 18.3 Å². The molecule has 0 bridgehead atoms. The number of benzene rings is 2. The number of aromatic amines is 1. The lowest BCUT2D eigenvalue weighted by molar-refractivity contribution is 0.0893. The number of hydrogen-bond donors (Lipinski definition) is 1. The fraction of sp³-hybridized carbons (Fsp3) is 0.333. The van der Waals surface area contributed by atoms with Crippen molar-refractivity contribution in [2.24, 2.45) is 0 Å². The van der Waals surface area contributed by atoms with Gasteiger partial charge in [0.25, 0.3) is 0 Å². The van der Waals surface area contributed by atoms with E-state index in [1.807, 2.05) is 35.9 Å². The Morgan fingerprint density at radius 1 is 1.24 bits per heavy atom. The van der Waals surface area contributed by atoms with Crippen molar-refractivity contribution in [1.29, 1.82) is 5.26 Å². The number of nitriles is 1. The molecule has 0 spiro atoms. The second-order valence-corrected chi connectivity index (χ2v) is 15.4. The van der Waals surface area contributed by atoms with E-state index < -0.39 is 8.07 Å². The van der Waals surface area contributed by atoms with Gasteiger partial charge in [-0.1, -0.05) is 26.2 Å². The minimum Gasteiger partial charge on any atom is -0.493 e. The third-order valence-corrected chi connectivity index (χ3v) is 7.67. The lowest BCUT2D eigenvalue weighted by Gasteiger charge is -2.18. The molecule has 1 N–H and O–H groups in total. The molecule has 0 fully saturated rings. The van der Waals surface area contributed by atoms with E-state index in [9.17, 15) is 5.26 Å². The zero-order valence-electron chi connectivity index (χ0n) is 20.7. The number of imidazole rings is 1. The quantitative estimate of drug-likeness (QED) is 0.224. The Morgan fingerprint density at radius 3 is 2.74 bits per heavy atom. The first-order chi connectivity index (χ1) is 16.2. The average molecular weight is 473 g/mol. The van der Waals surface area contributed by atoms with Gasteiger partial charge in [-0.2, -0.15) is 5.26 Å². The van der Waals surface area contributed by atoms with E-state index in [0.717, 1.165) is 50.4 Å². The molecule has 0 atom stereocenters. The van der Waals surface area contributed by atoms with Crippen molar-refractivity contribution >= 4 is 35.6 Å². The maximum atomic E-state index is 9.46. The number of aryl methyl sites for hydroxylation is 1. The molecule has 4 aromatic rings. The summed E-state index contributed by atoms with van der Waals surface area (Å²) in [6, 6.07) is 13.0. The summed E-state index contributed by atoms with van der Waals surface area (Å²) in [5, 5.41) is 10.5. The average Bonchev–Trinajstić information content (AvgIpc) is 3.41. The van der Waals surface area contributed by atoms with Crippen LogP contribution in [0.5, 0.6) is 5.75 Å². The molecular formula is C27H32N4O2Si. The van der Waals surface area contributed by atoms with Crippen LogP contribution in [0.2, 0.25) is 25.7 Å². The Kier molecular flexibility index (Phi) is 6.64. The van der Waals surface area contributed by atoms with E-state index in [-0.39, 0.29) is 0 Å². The number of aromatic nitrogens is 3. The van der Waals surface area contributed by atoms with Crippen molar-refractivity contribution in [3.8, 4) is 11.8 Å². The van der Waals surface area contributed by atoms with Crippen LogP contribution in [-0.2, 0) is 11.5 Å². The van der Waals surface area contributed by atoms with Crippen LogP contribution in [0.15, 0.2) is 43.1 Å². The van der Waals surface area contributed by atoms with Crippen LogP contribution in [0.1, 0.15) is 29.4 Å². The lowest BCUT2D eigenvalue weighted by Crippen LogP contribution is -2.22. The summed E-state index contributed by atoms with van der Waals surface area (Å²) in [4.78, 5) is 8.26. The van der Waals surface area contributed by atoms with E-state index in [1.165, 1.54) is 0 Å². The fourth-order valence-electron chi connectivity index (χ4n) is 4.16. The van der Waals surface area contributed by atoms with Crippen LogP contribution in [0.25, 0.3) is 27.5 Å². The molecule has 34 heavy (non-hydrogen) atoms. The maximum absolute atomic E-state index is 9.46. The zero-order valence-corrected chi connectivity index (χ0v) is 21.7. The van der Waals surface area contributed by atoms with Gasteiger partial charge in [-0.15, -0.1) is 0 Å². The molecule has 0 unspecified atom stereocenters. The standard InChI is InChI=1S/C27H32N4O2Si/c1-7-33-24-14-18(2)26-21(10-11-29-26)25(24)19(3)27-30-22-9-8-20(16-28)15-23(22)31(27)17-32-12-13-34(4,5)6/h8-11,14-15,29H,3,7,12-13,17H2,1-2,4-6H3. The monoisotopic (exact) mass is 472 g/mol. The van der Waals surface area contributed by atoms with E-state index >= 15 is 0 Å². The van der Waals surface area contributed by atoms with Gasteiger partial charge in [0.05, 0.1) is 29.3 Å². The SMILES string of the molecule is C=C(c1c(OCC)cc(C)c2[nH]ccc12)c1nc2ccc(C#N)cc2n1COCC[Si](C)(C)C. The predicted molar refractivity (Wildman–Crippen MR) is 141 cm³/mol. The molecule has 4 rings (SSSR count). The maximum Gasteiger partial charge on any atom is 0.143 e. The van der Waals surface area contributed by atoms with Gasteiger partial charge in [0.15, 0.2) is 0 Å². The molecule has 2 heterocycles. The number of H-pyrrole nitrogens is 1. The number of nitrogens with zero attached hydrogens (tertiary/aromatic N) is 3. The molecule has 0 amide bonds. The smallest absolute Gasteiger partial charge is 0.143 e.